The molecular weight excluding hydrogens is 346 g/mol. The Labute approximate surface area is 149 Å². The summed E-state index contributed by atoms with van der Waals surface area (Å²) in [6.45, 7) is 4.79. The van der Waals surface area contributed by atoms with Crippen molar-refractivity contribution in [1.82, 2.24) is 13.9 Å². The van der Waals surface area contributed by atoms with Gasteiger partial charge in [0.1, 0.15) is 0 Å². The number of morpholine rings is 1. The molecule has 0 radical (unpaired) electrons. The summed E-state index contributed by atoms with van der Waals surface area (Å²) >= 11 is 1.68. The van der Waals surface area contributed by atoms with E-state index in [1.54, 1.807) is 15.6 Å². The second-order valence-electron chi connectivity index (χ2n) is 6.35. The molecule has 0 aromatic carbocycles. The fourth-order valence-corrected chi connectivity index (χ4v) is 5.49. The fraction of sp³-hybridized carbons (Fsp3) is 0.750. The molecule has 0 amide bonds. The first-order valence-corrected chi connectivity index (χ1v) is 11.1. The maximum atomic E-state index is 12.7. The van der Waals surface area contributed by atoms with E-state index >= 15 is 0 Å². The van der Waals surface area contributed by atoms with E-state index in [4.69, 9.17) is 4.74 Å². The molecule has 3 rings (SSSR count). The number of nitrogens with one attached hydrogen (secondary N) is 1. The van der Waals surface area contributed by atoms with Crippen molar-refractivity contribution >= 4 is 21.5 Å². The summed E-state index contributed by atoms with van der Waals surface area (Å²) in [4.78, 5) is 3.52. The van der Waals surface area contributed by atoms with E-state index in [1.807, 2.05) is 11.4 Å². The molecule has 2 aliphatic heterocycles. The van der Waals surface area contributed by atoms with E-state index < -0.39 is 10.2 Å². The number of thiophene rings is 1. The third-order valence-electron chi connectivity index (χ3n) is 4.72. The zero-order valence-corrected chi connectivity index (χ0v) is 15.7. The first kappa shape index (κ1) is 18.3. The van der Waals surface area contributed by atoms with Crippen molar-refractivity contribution in [1.29, 1.82) is 0 Å². The van der Waals surface area contributed by atoms with Gasteiger partial charge >= 0.3 is 0 Å². The van der Waals surface area contributed by atoms with Crippen LogP contribution < -0.4 is 4.72 Å². The molecule has 1 unspecified atom stereocenters. The van der Waals surface area contributed by atoms with E-state index in [-0.39, 0.29) is 6.04 Å². The van der Waals surface area contributed by atoms with Crippen molar-refractivity contribution < 1.29 is 13.2 Å². The summed E-state index contributed by atoms with van der Waals surface area (Å²) in [5.74, 6) is 0. The third-order valence-corrected chi connectivity index (χ3v) is 7.27. The van der Waals surface area contributed by atoms with Crippen LogP contribution >= 0.6 is 11.3 Å². The van der Waals surface area contributed by atoms with E-state index in [1.165, 1.54) is 4.88 Å². The Kier molecular flexibility index (Phi) is 6.65. The second-order valence-corrected chi connectivity index (χ2v) is 9.08. The number of ether oxygens (including phenoxy) is 1. The number of hydrogen-bond acceptors (Lipinski definition) is 5. The van der Waals surface area contributed by atoms with Gasteiger partial charge in [0.05, 0.1) is 19.3 Å². The molecule has 0 aliphatic carbocycles. The van der Waals surface area contributed by atoms with Crippen molar-refractivity contribution in [2.75, 3.05) is 45.9 Å². The van der Waals surface area contributed by atoms with Crippen LogP contribution in [0.4, 0.5) is 0 Å². The quantitative estimate of drug-likeness (QED) is 0.826. The molecule has 136 valence electrons. The van der Waals surface area contributed by atoms with Crippen LogP contribution in [0.3, 0.4) is 0 Å². The lowest BCUT2D eigenvalue weighted by molar-refractivity contribution is 0.0178. The van der Waals surface area contributed by atoms with Crippen LogP contribution in [0.1, 0.15) is 36.6 Å². The Bertz CT molecular complexity index is 578. The van der Waals surface area contributed by atoms with Gasteiger partial charge in [0.25, 0.3) is 10.2 Å². The normalized spacial score (nSPS) is 23.0. The minimum absolute atomic E-state index is 0.0793. The molecule has 2 aliphatic rings. The van der Waals surface area contributed by atoms with Gasteiger partial charge in [-0.05, 0) is 24.3 Å². The van der Waals surface area contributed by atoms with E-state index in [0.717, 1.165) is 38.8 Å². The SMILES string of the molecule is O=S(=O)(NCC(c1cccs1)N1CCOCC1)N1CCCCCC1. The average Bonchev–Trinajstić information content (AvgIpc) is 2.96. The monoisotopic (exact) mass is 373 g/mol. The maximum absolute atomic E-state index is 12.7. The number of nitrogens with zero attached hydrogens (tertiary/aromatic N) is 2. The van der Waals surface area contributed by atoms with Crippen LogP contribution in [0, 0.1) is 0 Å². The van der Waals surface area contributed by atoms with Gasteiger partial charge in [0, 0.05) is 37.6 Å². The Morgan fingerprint density at radius 3 is 2.46 bits per heavy atom. The first-order chi connectivity index (χ1) is 11.7. The van der Waals surface area contributed by atoms with Crippen LogP contribution in [0.2, 0.25) is 0 Å². The summed E-state index contributed by atoms with van der Waals surface area (Å²) < 4.78 is 35.3. The molecule has 1 aromatic heterocycles. The maximum Gasteiger partial charge on any atom is 0.279 e. The van der Waals surface area contributed by atoms with E-state index in [9.17, 15) is 8.42 Å². The van der Waals surface area contributed by atoms with Crippen molar-refractivity contribution in [3.05, 3.63) is 22.4 Å². The third kappa shape index (κ3) is 4.77. The highest BCUT2D eigenvalue weighted by molar-refractivity contribution is 7.87. The molecule has 1 atom stereocenters. The lowest BCUT2D eigenvalue weighted by Gasteiger charge is -2.34. The van der Waals surface area contributed by atoms with Crippen molar-refractivity contribution in [2.45, 2.75) is 31.7 Å². The summed E-state index contributed by atoms with van der Waals surface area (Å²) in [6, 6.07) is 4.19. The summed E-state index contributed by atoms with van der Waals surface area (Å²) in [5.41, 5.74) is 0. The molecule has 24 heavy (non-hydrogen) atoms. The highest BCUT2D eigenvalue weighted by atomic mass is 32.2. The van der Waals surface area contributed by atoms with Gasteiger partial charge in [0.2, 0.25) is 0 Å². The highest BCUT2D eigenvalue weighted by Gasteiger charge is 2.28. The minimum atomic E-state index is -3.40. The van der Waals surface area contributed by atoms with Gasteiger partial charge in [-0.3, -0.25) is 4.90 Å². The van der Waals surface area contributed by atoms with Crippen molar-refractivity contribution in [2.24, 2.45) is 0 Å². The molecule has 6 nitrogen and oxygen atoms in total. The zero-order valence-electron chi connectivity index (χ0n) is 14.0. The molecule has 1 N–H and O–H groups in total. The van der Waals surface area contributed by atoms with Crippen LogP contribution in [0.5, 0.6) is 0 Å². The zero-order chi connectivity index (χ0) is 16.8. The summed E-state index contributed by atoms with van der Waals surface area (Å²) in [5, 5.41) is 2.05. The first-order valence-electron chi connectivity index (χ1n) is 8.77. The Morgan fingerprint density at radius 2 is 1.83 bits per heavy atom. The summed E-state index contributed by atoms with van der Waals surface area (Å²) in [6.07, 6.45) is 4.16. The average molecular weight is 374 g/mol. The predicted octanol–water partition coefficient (Wildman–Crippen LogP) is 1.83. The van der Waals surface area contributed by atoms with Gasteiger partial charge in [-0.25, -0.2) is 4.72 Å². The van der Waals surface area contributed by atoms with Crippen molar-refractivity contribution in [3.8, 4) is 0 Å². The molecule has 0 saturated carbocycles. The molecule has 1 aromatic rings. The molecule has 8 heteroatoms. The Morgan fingerprint density at radius 1 is 1.12 bits per heavy atom. The van der Waals surface area contributed by atoms with E-state index in [2.05, 4.69) is 15.7 Å². The lowest BCUT2D eigenvalue weighted by atomic mass is 10.2. The van der Waals surface area contributed by atoms with Gasteiger partial charge in [-0.1, -0.05) is 18.9 Å². The van der Waals surface area contributed by atoms with E-state index in [0.29, 0.717) is 32.8 Å². The Balaban J connectivity index is 1.66. The van der Waals surface area contributed by atoms with Crippen LogP contribution in [0.25, 0.3) is 0 Å². The summed E-state index contributed by atoms with van der Waals surface area (Å²) in [7, 11) is -3.40. The smallest absolute Gasteiger partial charge is 0.279 e. The van der Waals surface area contributed by atoms with Gasteiger partial charge in [-0.2, -0.15) is 12.7 Å². The van der Waals surface area contributed by atoms with Crippen LogP contribution in [-0.4, -0.2) is 63.6 Å². The lowest BCUT2D eigenvalue weighted by Crippen LogP contribution is -2.47. The number of rotatable bonds is 6. The molecular formula is C16H27N3O3S2. The Hall–Kier alpha value is -0.510. The molecule has 2 fully saturated rings. The van der Waals surface area contributed by atoms with Crippen LogP contribution in [0.15, 0.2) is 17.5 Å². The van der Waals surface area contributed by atoms with Gasteiger partial charge < -0.3 is 4.74 Å². The standard InChI is InChI=1S/C16H27N3O3S2/c20-24(21,19-7-3-1-2-4-8-19)17-14-15(16-6-5-13-23-16)18-9-11-22-12-10-18/h5-6,13,15,17H,1-4,7-12,14H2. The highest BCUT2D eigenvalue weighted by Crippen LogP contribution is 2.26. The predicted molar refractivity (Wildman–Crippen MR) is 96.4 cm³/mol. The van der Waals surface area contributed by atoms with Crippen LogP contribution in [-0.2, 0) is 14.9 Å². The molecule has 0 bridgehead atoms. The van der Waals surface area contributed by atoms with Gasteiger partial charge in [0.15, 0.2) is 0 Å². The largest absolute Gasteiger partial charge is 0.379 e. The molecule has 0 spiro atoms. The number of hydrogen-bond donors (Lipinski definition) is 1. The minimum Gasteiger partial charge on any atom is -0.379 e. The fourth-order valence-electron chi connectivity index (χ4n) is 3.34. The topological polar surface area (TPSA) is 61.9 Å². The van der Waals surface area contributed by atoms with Gasteiger partial charge in [-0.15, -0.1) is 11.3 Å². The second kappa shape index (κ2) is 8.73. The van der Waals surface area contributed by atoms with Crippen molar-refractivity contribution in [3.63, 3.8) is 0 Å². The molecule has 3 heterocycles. The molecule has 2 saturated heterocycles.